The van der Waals surface area contributed by atoms with Gasteiger partial charge in [-0.05, 0) is 45.5 Å². The van der Waals surface area contributed by atoms with Gasteiger partial charge in [0.2, 0.25) is 14.7 Å². The Morgan fingerprint density at radius 2 is 1.81 bits per heavy atom. The first-order chi connectivity index (χ1) is 16.7. The molecule has 1 radical (unpaired) electrons. The summed E-state index contributed by atoms with van der Waals surface area (Å²) in [5, 5.41) is 56.4. The molecule has 1 aromatic rings. The van der Waals surface area contributed by atoms with Crippen molar-refractivity contribution in [2.45, 2.75) is 42.4 Å². The summed E-state index contributed by atoms with van der Waals surface area (Å²) >= 11 is 0. The van der Waals surface area contributed by atoms with Gasteiger partial charge in [-0.3, -0.25) is 14.4 Å². The first-order valence-corrected chi connectivity index (χ1v) is 13.0. The number of aliphatic hydroxyl groups excluding tert-OH is 3. The maximum atomic E-state index is 14.3. The second kappa shape index (κ2) is 7.16. The molecule has 2 saturated carbocycles. The number of primary amides is 1. The zero-order valence-electron chi connectivity index (χ0n) is 20.0. The summed E-state index contributed by atoms with van der Waals surface area (Å²) in [4.78, 5) is 39.9. The smallest absolute Gasteiger partial charge is 0.255 e. The number of amides is 1. The molecule has 0 aromatic heterocycles. The topological polar surface area (TPSA) is 182 Å². The third-order valence-corrected chi connectivity index (χ3v) is 11.5. The molecule has 4 aliphatic rings. The minimum atomic E-state index is -2.92. The van der Waals surface area contributed by atoms with Gasteiger partial charge in [0, 0.05) is 11.0 Å². The highest BCUT2D eigenvalue weighted by Crippen LogP contribution is 2.75. The average molecular weight is 512 g/mol. The molecule has 0 bridgehead atoms. The minimum Gasteiger partial charge on any atom is -0.508 e. The van der Waals surface area contributed by atoms with Crippen LogP contribution in [0.5, 0.6) is 5.75 Å². The van der Waals surface area contributed by atoms with Crippen LogP contribution in [0.4, 0.5) is 0 Å². The van der Waals surface area contributed by atoms with Crippen molar-refractivity contribution < 1.29 is 39.9 Å². The average Bonchev–Trinajstić information content (AvgIpc) is 3.57. The summed E-state index contributed by atoms with van der Waals surface area (Å²) in [7, 11) is 0.242. The molecule has 4 atom stereocenters. The Labute approximate surface area is 208 Å². The molecule has 0 saturated heterocycles. The summed E-state index contributed by atoms with van der Waals surface area (Å²) in [5.74, 6) is -4.70. The predicted molar refractivity (Wildman–Crippen MR) is 129 cm³/mol. The molecular weight excluding hydrogens is 484 g/mol. The van der Waals surface area contributed by atoms with E-state index in [0.29, 0.717) is 24.0 Å². The van der Waals surface area contributed by atoms with E-state index < -0.39 is 76.8 Å². The van der Waals surface area contributed by atoms with Crippen molar-refractivity contribution >= 4 is 31.8 Å². The fourth-order valence-corrected chi connectivity index (χ4v) is 9.98. The number of aliphatic hydroxyl groups is 4. The summed E-state index contributed by atoms with van der Waals surface area (Å²) < 4.78 is 1.44. The number of Topliss-reactive ketones (excluding diaryl/α,β-unsaturated/α-hetero) is 1. The van der Waals surface area contributed by atoms with E-state index in [1.165, 1.54) is 24.7 Å². The SMILES string of the molecule is C=C(C)[C@]12C(=C(O)c3c(O)cccc3C13CC3)C(=O)[C@]1(O)C(O)=C(C(N)=O)C(=O)[Si](N(C)C)[C@@H]1[C@H]2O. The van der Waals surface area contributed by atoms with Crippen LogP contribution in [0.15, 0.2) is 47.3 Å². The van der Waals surface area contributed by atoms with Crippen LogP contribution in [0.2, 0.25) is 5.54 Å². The maximum absolute atomic E-state index is 14.3. The van der Waals surface area contributed by atoms with Crippen LogP contribution in [0.3, 0.4) is 0 Å². The van der Waals surface area contributed by atoms with Crippen LogP contribution < -0.4 is 5.73 Å². The van der Waals surface area contributed by atoms with E-state index in [-0.39, 0.29) is 11.3 Å². The van der Waals surface area contributed by atoms with E-state index in [2.05, 4.69) is 6.58 Å². The maximum Gasteiger partial charge on any atom is 0.255 e. The van der Waals surface area contributed by atoms with Gasteiger partial charge in [-0.2, -0.15) is 0 Å². The number of rotatable bonds is 3. The Morgan fingerprint density at radius 3 is 2.31 bits per heavy atom. The molecule has 11 heteroatoms. The Balaban J connectivity index is 1.95. The molecule has 36 heavy (non-hydrogen) atoms. The van der Waals surface area contributed by atoms with E-state index in [1.807, 2.05) is 0 Å². The van der Waals surface area contributed by atoms with Gasteiger partial charge < -0.3 is 35.8 Å². The number of phenols is 1. The lowest BCUT2D eigenvalue weighted by atomic mass is 9.48. The lowest BCUT2D eigenvalue weighted by molar-refractivity contribution is -0.149. The summed E-state index contributed by atoms with van der Waals surface area (Å²) in [6.07, 6.45) is -0.742. The highest BCUT2D eigenvalue weighted by molar-refractivity contribution is 6.94. The van der Waals surface area contributed by atoms with Crippen LogP contribution in [-0.4, -0.2) is 82.0 Å². The summed E-state index contributed by atoms with van der Waals surface area (Å²) in [5.41, 5.74) is -2.18. The number of nitrogens with zero attached hydrogens (tertiary/aromatic N) is 1. The normalized spacial score (nSPS) is 32.9. The molecule has 1 aromatic carbocycles. The third-order valence-electron chi connectivity index (χ3n) is 8.47. The monoisotopic (exact) mass is 511 g/mol. The van der Waals surface area contributed by atoms with E-state index in [4.69, 9.17) is 5.73 Å². The van der Waals surface area contributed by atoms with Gasteiger partial charge in [0.05, 0.1) is 22.7 Å². The third kappa shape index (κ3) is 2.39. The lowest BCUT2D eigenvalue weighted by Gasteiger charge is -2.60. The van der Waals surface area contributed by atoms with Crippen molar-refractivity contribution in [1.29, 1.82) is 0 Å². The molecule has 5 rings (SSSR count). The number of benzene rings is 1. The minimum absolute atomic E-state index is 0.00639. The molecule has 1 spiro atoms. The van der Waals surface area contributed by atoms with Crippen LogP contribution in [0, 0.1) is 5.41 Å². The Hall–Kier alpha value is -3.25. The molecule has 1 heterocycles. The number of ketones is 1. The van der Waals surface area contributed by atoms with Gasteiger partial charge in [-0.15, -0.1) is 0 Å². The largest absolute Gasteiger partial charge is 0.508 e. The van der Waals surface area contributed by atoms with Crippen LogP contribution in [-0.2, 0) is 19.8 Å². The van der Waals surface area contributed by atoms with Crippen LogP contribution in [0.1, 0.15) is 30.9 Å². The lowest BCUT2D eigenvalue weighted by Crippen LogP contribution is -2.73. The van der Waals surface area contributed by atoms with Crippen molar-refractivity contribution in [3.8, 4) is 5.75 Å². The number of carbonyl (C=O) groups excluding carboxylic acids is 3. The van der Waals surface area contributed by atoms with E-state index >= 15 is 0 Å². The highest BCUT2D eigenvalue weighted by atomic mass is 28.3. The summed E-state index contributed by atoms with van der Waals surface area (Å²) in [6, 6.07) is 4.64. The second-order valence-corrected chi connectivity index (χ2v) is 13.0. The molecule has 7 N–H and O–H groups in total. The molecule has 1 amide bonds. The van der Waals surface area contributed by atoms with Crippen LogP contribution in [0.25, 0.3) is 5.76 Å². The van der Waals surface area contributed by atoms with Crippen LogP contribution >= 0.6 is 0 Å². The zero-order chi connectivity index (χ0) is 26.7. The van der Waals surface area contributed by atoms with E-state index in [9.17, 15) is 39.9 Å². The van der Waals surface area contributed by atoms with E-state index in [1.54, 1.807) is 19.1 Å². The molecule has 10 nitrogen and oxygen atoms in total. The van der Waals surface area contributed by atoms with Gasteiger partial charge >= 0.3 is 0 Å². The Morgan fingerprint density at radius 1 is 1.19 bits per heavy atom. The number of phenolic OH excluding ortho intramolecular Hbond substituents is 1. The molecular formula is C25H27N2O8Si. The Kier molecular flexibility index (Phi) is 4.86. The highest BCUT2D eigenvalue weighted by Gasteiger charge is 2.79. The molecule has 2 fully saturated rings. The van der Waals surface area contributed by atoms with Crippen molar-refractivity contribution in [2.75, 3.05) is 14.1 Å². The molecule has 1 aliphatic heterocycles. The van der Waals surface area contributed by atoms with Gasteiger partial charge in [0.1, 0.15) is 22.8 Å². The molecule has 0 unspecified atom stereocenters. The molecule has 3 aliphatic carbocycles. The number of aromatic hydroxyl groups is 1. The number of carbonyl (C=O) groups is 3. The number of fused-ring (bicyclic) bond motifs is 5. The first kappa shape index (κ1) is 24.4. The quantitative estimate of drug-likeness (QED) is 0.189. The summed E-state index contributed by atoms with van der Waals surface area (Å²) in [6.45, 7) is 5.67. The standard InChI is InChI=1S/C25H27N2O8Si/c1-10(2)24-15(16(29)13-11(23(24)8-9-23)6-5-7-12(13)28)18(31)25(35)17(30)14(21(26)33)22(34)36(27(3)4)20(25)19(24)32/h5-7,19-20,28-30,32,35H,1,8-9H2,2-4H3,(H2,26,33)/t19-,20-,24-,25-/m1/s1. The fourth-order valence-electron chi connectivity index (χ4n) is 7.02. The van der Waals surface area contributed by atoms with Gasteiger partial charge in [-0.25, -0.2) is 0 Å². The number of hydrogen-bond acceptors (Lipinski definition) is 9. The van der Waals surface area contributed by atoms with Gasteiger partial charge in [-0.1, -0.05) is 24.3 Å². The van der Waals surface area contributed by atoms with Crippen molar-refractivity contribution in [3.05, 3.63) is 58.4 Å². The Bertz CT molecular complexity index is 1360. The van der Waals surface area contributed by atoms with Crippen molar-refractivity contribution in [1.82, 2.24) is 4.57 Å². The predicted octanol–water partition coefficient (Wildman–Crippen LogP) is 0.286. The van der Waals surface area contributed by atoms with Crippen molar-refractivity contribution in [2.24, 2.45) is 11.1 Å². The fraction of sp³-hybridized carbons (Fsp3) is 0.400. The van der Waals surface area contributed by atoms with E-state index in [0.717, 1.165) is 0 Å². The van der Waals surface area contributed by atoms with Crippen molar-refractivity contribution in [3.63, 3.8) is 0 Å². The van der Waals surface area contributed by atoms with Gasteiger partial charge in [0.15, 0.2) is 11.0 Å². The molecule has 189 valence electrons. The first-order valence-electron chi connectivity index (χ1n) is 11.4. The van der Waals surface area contributed by atoms with Gasteiger partial charge in [0.25, 0.3) is 5.91 Å². The second-order valence-electron chi connectivity index (χ2n) is 10.3. The number of hydrogen-bond donors (Lipinski definition) is 6. The zero-order valence-corrected chi connectivity index (χ0v) is 21.0. The number of nitrogens with two attached hydrogens (primary N) is 1.